The molecule has 1 heterocycles. The van der Waals surface area contributed by atoms with Crippen molar-refractivity contribution in [2.45, 2.75) is 39.3 Å². The SMILES string of the molecule is CC1CC(C)C(C)N(CC(O)CBr)C1. The molecule has 0 aromatic heterocycles. The van der Waals surface area contributed by atoms with Gasteiger partial charge in [0.25, 0.3) is 0 Å². The minimum Gasteiger partial charge on any atom is -0.391 e. The maximum Gasteiger partial charge on any atom is 0.0763 e. The fraction of sp³-hybridized carbons (Fsp3) is 1.00. The number of alkyl halides is 1. The molecule has 1 aliphatic rings. The van der Waals surface area contributed by atoms with Crippen molar-refractivity contribution in [2.75, 3.05) is 18.4 Å². The fourth-order valence-corrected chi connectivity index (χ4v) is 2.60. The van der Waals surface area contributed by atoms with E-state index in [0.29, 0.717) is 11.4 Å². The zero-order valence-corrected chi connectivity index (χ0v) is 11.0. The molecule has 2 nitrogen and oxygen atoms in total. The lowest BCUT2D eigenvalue weighted by Crippen LogP contribution is -2.48. The summed E-state index contributed by atoms with van der Waals surface area (Å²) in [5.74, 6) is 1.52. The lowest BCUT2D eigenvalue weighted by atomic mass is 9.86. The number of hydrogen-bond donors (Lipinski definition) is 1. The zero-order valence-electron chi connectivity index (χ0n) is 9.41. The summed E-state index contributed by atoms with van der Waals surface area (Å²) in [7, 11) is 0. The number of piperidine rings is 1. The van der Waals surface area contributed by atoms with E-state index in [1.165, 1.54) is 6.42 Å². The third kappa shape index (κ3) is 3.21. The van der Waals surface area contributed by atoms with Crippen LogP contribution in [0.2, 0.25) is 0 Å². The van der Waals surface area contributed by atoms with Crippen molar-refractivity contribution in [1.82, 2.24) is 4.90 Å². The molecule has 4 unspecified atom stereocenters. The van der Waals surface area contributed by atoms with Crippen LogP contribution in [0, 0.1) is 11.8 Å². The van der Waals surface area contributed by atoms with Crippen LogP contribution in [0.5, 0.6) is 0 Å². The van der Waals surface area contributed by atoms with Crippen LogP contribution >= 0.6 is 15.9 Å². The first-order valence-electron chi connectivity index (χ1n) is 5.52. The van der Waals surface area contributed by atoms with Gasteiger partial charge in [-0.3, -0.25) is 4.90 Å². The van der Waals surface area contributed by atoms with Gasteiger partial charge < -0.3 is 5.11 Å². The van der Waals surface area contributed by atoms with Gasteiger partial charge in [-0.2, -0.15) is 0 Å². The average Bonchev–Trinajstić information content (AvgIpc) is 2.13. The largest absolute Gasteiger partial charge is 0.391 e. The minimum atomic E-state index is -0.227. The van der Waals surface area contributed by atoms with Crippen LogP contribution in [0.15, 0.2) is 0 Å². The average molecular weight is 264 g/mol. The molecule has 0 bridgehead atoms. The van der Waals surface area contributed by atoms with Crippen molar-refractivity contribution in [3.05, 3.63) is 0 Å². The summed E-state index contributed by atoms with van der Waals surface area (Å²) in [4.78, 5) is 2.42. The molecule has 4 atom stereocenters. The first kappa shape index (κ1) is 12.5. The highest BCUT2D eigenvalue weighted by Gasteiger charge is 2.29. The molecule has 0 amide bonds. The lowest BCUT2D eigenvalue weighted by Gasteiger charge is -2.41. The number of nitrogens with zero attached hydrogens (tertiary/aromatic N) is 1. The van der Waals surface area contributed by atoms with Crippen molar-refractivity contribution >= 4 is 15.9 Å². The van der Waals surface area contributed by atoms with Gasteiger partial charge in [0.05, 0.1) is 6.10 Å². The van der Waals surface area contributed by atoms with Crippen LogP contribution < -0.4 is 0 Å². The summed E-state index contributed by atoms with van der Waals surface area (Å²) in [6.07, 6.45) is 1.09. The van der Waals surface area contributed by atoms with E-state index in [9.17, 15) is 5.11 Å². The Kier molecular flexibility index (Phi) is 4.88. The predicted octanol–water partition coefficient (Wildman–Crippen LogP) is 2.11. The van der Waals surface area contributed by atoms with Crippen LogP contribution in [0.25, 0.3) is 0 Å². The molecule has 0 saturated carbocycles. The second-order valence-corrected chi connectivity index (χ2v) is 5.47. The van der Waals surface area contributed by atoms with Gasteiger partial charge in [-0.25, -0.2) is 0 Å². The molecule has 84 valence electrons. The quantitative estimate of drug-likeness (QED) is 0.789. The molecule has 0 aliphatic carbocycles. The fourth-order valence-electron chi connectivity index (χ4n) is 2.39. The number of aliphatic hydroxyl groups is 1. The third-order valence-electron chi connectivity index (χ3n) is 3.34. The molecule has 1 saturated heterocycles. The normalized spacial score (nSPS) is 37.1. The third-order valence-corrected chi connectivity index (χ3v) is 4.09. The number of hydrogen-bond acceptors (Lipinski definition) is 2. The first-order chi connectivity index (χ1) is 6.54. The van der Waals surface area contributed by atoms with E-state index in [1.54, 1.807) is 0 Å². The van der Waals surface area contributed by atoms with Gasteiger partial charge in [0.15, 0.2) is 0 Å². The molecule has 3 heteroatoms. The van der Waals surface area contributed by atoms with Gasteiger partial charge in [0.2, 0.25) is 0 Å². The van der Waals surface area contributed by atoms with Gasteiger partial charge in [-0.1, -0.05) is 29.8 Å². The Bertz CT molecular complexity index is 177. The van der Waals surface area contributed by atoms with Gasteiger partial charge >= 0.3 is 0 Å². The highest BCUT2D eigenvalue weighted by molar-refractivity contribution is 9.09. The number of aliphatic hydroxyl groups excluding tert-OH is 1. The molecule has 1 rings (SSSR count). The summed E-state index contributed by atoms with van der Waals surface area (Å²) in [5, 5.41) is 10.3. The zero-order chi connectivity index (χ0) is 10.7. The van der Waals surface area contributed by atoms with Gasteiger partial charge in [0.1, 0.15) is 0 Å². The molecule has 0 radical (unpaired) electrons. The molecule has 0 aromatic carbocycles. The Morgan fingerprint density at radius 2 is 2.07 bits per heavy atom. The molecular weight excluding hydrogens is 242 g/mol. The second-order valence-electron chi connectivity index (χ2n) is 4.82. The molecule has 0 aromatic rings. The topological polar surface area (TPSA) is 23.5 Å². The Morgan fingerprint density at radius 3 is 2.64 bits per heavy atom. The first-order valence-corrected chi connectivity index (χ1v) is 6.64. The maximum atomic E-state index is 9.61. The highest BCUT2D eigenvalue weighted by atomic mass is 79.9. The van der Waals surface area contributed by atoms with Crippen molar-refractivity contribution in [3.63, 3.8) is 0 Å². The van der Waals surface area contributed by atoms with E-state index in [2.05, 4.69) is 41.6 Å². The van der Waals surface area contributed by atoms with Gasteiger partial charge in [0, 0.05) is 24.5 Å². The monoisotopic (exact) mass is 263 g/mol. The summed E-state index contributed by atoms with van der Waals surface area (Å²) in [6, 6.07) is 0.611. The van der Waals surface area contributed by atoms with Gasteiger partial charge in [-0.15, -0.1) is 0 Å². The van der Waals surface area contributed by atoms with Gasteiger partial charge in [-0.05, 0) is 25.2 Å². The van der Waals surface area contributed by atoms with Crippen molar-refractivity contribution in [2.24, 2.45) is 11.8 Å². The Morgan fingerprint density at radius 1 is 1.43 bits per heavy atom. The maximum absolute atomic E-state index is 9.61. The Balaban J connectivity index is 2.49. The lowest BCUT2D eigenvalue weighted by molar-refractivity contribution is 0.0398. The van der Waals surface area contributed by atoms with E-state index in [4.69, 9.17) is 0 Å². The summed E-state index contributed by atoms with van der Waals surface area (Å²) < 4.78 is 0. The standard InChI is InChI=1S/C11H22BrNO/c1-8-4-9(2)10(3)13(6-8)7-11(14)5-12/h8-11,14H,4-7H2,1-3H3. The number of likely N-dealkylation sites (tertiary alicyclic amines) is 1. The van der Waals surface area contributed by atoms with Crippen molar-refractivity contribution in [3.8, 4) is 0 Å². The minimum absolute atomic E-state index is 0.227. The molecule has 1 N–H and O–H groups in total. The van der Waals surface area contributed by atoms with E-state index < -0.39 is 0 Å². The van der Waals surface area contributed by atoms with Crippen molar-refractivity contribution < 1.29 is 5.11 Å². The highest BCUT2D eigenvalue weighted by Crippen LogP contribution is 2.26. The Hall–Kier alpha value is 0.400. The van der Waals surface area contributed by atoms with Crippen LogP contribution in [0.4, 0.5) is 0 Å². The molecule has 0 spiro atoms. The summed E-state index contributed by atoms with van der Waals surface area (Å²) >= 11 is 3.32. The molecule has 1 fully saturated rings. The van der Waals surface area contributed by atoms with Crippen LogP contribution in [-0.4, -0.2) is 40.6 Å². The van der Waals surface area contributed by atoms with E-state index in [-0.39, 0.29) is 6.10 Å². The van der Waals surface area contributed by atoms with Crippen LogP contribution in [-0.2, 0) is 0 Å². The second kappa shape index (κ2) is 5.47. The Labute approximate surface area is 95.8 Å². The van der Waals surface area contributed by atoms with Crippen LogP contribution in [0.1, 0.15) is 27.2 Å². The summed E-state index contributed by atoms with van der Waals surface area (Å²) in [5.41, 5.74) is 0. The van der Waals surface area contributed by atoms with E-state index in [0.717, 1.165) is 24.9 Å². The van der Waals surface area contributed by atoms with E-state index in [1.807, 2.05) is 0 Å². The molecule has 14 heavy (non-hydrogen) atoms. The number of halogens is 1. The summed E-state index contributed by atoms with van der Waals surface area (Å²) in [6.45, 7) is 8.83. The van der Waals surface area contributed by atoms with E-state index >= 15 is 0 Å². The molecule has 1 aliphatic heterocycles. The van der Waals surface area contributed by atoms with Crippen molar-refractivity contribution in [1.29, 1.82) is 0 Å². The molecular formula is C11H22BrNO. The predicted molar refractivity (Wildman–Crippen MR) is 63.8 cm³/mol. The smallest absolute Gasteiger partial charge is 0.0763 e. The number of rotatable bonds is 3. The number of β-amino-alcohol motifs (C(OH)–C–C–N with tert-alkyl or cyclic N) is 1. The van der Waals surface area contributed by atoms with Crippen LogP contribution in [0.3, 0.4) is 0 Å².